The van der Waals surface area contributed by atoms with E-state index < -0.39 is 0 Å². The van der Waals surface area contributed by atoms with Crippen LogP contribution in [0.25, 0.3) is 32.9 Å². The number of H-pyrrole nitrogens is 1. The second-order valence-electron chi connectivity index (χ2n) is 6.71. The van der Waals surface area contributed by atoms with Crippen LogP contribution in [-0.2, 0) is 6.54 Å². The van der Waals surface area contributed by atoms with E-state index in [0.29, 0.717) is 13.1 Å². The number of rotatable bonds is 5. The molecule has 0 radical (unpaired) electrons. The van der Waals surface area contributed by atoms with Crippen molar-refractivity contribution in [1.82, 2.24) is 19.7 Å². The van der Waals surface area contributed by atoms with Crippen LogP contribution in [-0.4, -0.2) is 26.3 Å². The van der Waals surface area contributed by atoms with Gasteiger partial charge >= 0.3 is 0 Å². The van der Waals surface area contributed by atoms with E-state index in [1.165, 1.54) is 12.4 Å². The lowest BCUT2D eigenvalue weighted by Crippen LogP contribution is -2.11. The minimum Gasteiger partial charge on any atom is -0.383 e. The van der Waals surface area contributed by atoms with Gasteiger partial charge in [0, 0.05) is 39.6 Å². The Balaban J connectivity index is 1.61. The lowest BCUT2D eigenvalue weighted by molar-refractivity contribution is 0.630. The molecule has 138 valence electrons. The summed E-state index contributed by atoms with van der Waals surface area (Å²) < 4.78 is 15.6. The molecule has 2 aromatic heterocycles. The molecule has 0 aliphatic carbocycles. The van der Waals surface area contributed by atoms with E-state index in [1.54, 1.807) is 23.1 Å². The maximum Gasteiger partial charge on any atom is 0.137 e. The Morgan fingerprint density at radius 1 is 0.964 bits per heavy atom. The number of nitrogens with zero attached hydrogens (tertiary/aromatic N) is 3. The topological polar surface area (TPSA) is 58.5 Å². The number of aromatic amines is 1. The fourth-order valence-corrected chi connectivity index (χ4v) is 3.58. The van der Waals surface area contributed by atoms with Gasteiger partial charge in [-0.25, -0.2) is 9.37 Å². The number of hydrogen-bond acceptors (Lipinski definition) is 3. The van der Waals surface area contributed by atoms with Crippen LogP contribution in [0.4, 0.5) is 10.1 Å². The number of benzene rings is 3. The number of aromatic nitrogens is 4. The minimum atomic E-state index is -0.235. The van der Waals surface area contributed by atoms with Crippen LogP contribution in [0.3, 0.4) is 0 Å². The molecule has 0 spiro atoms. The number of anilines is 1. The highest BCUT2D eigenvalue weighted by molar-refractivity contribution is 6.10. The van der Waals surface area contributed by atoms with Crippen LogP contribution < -0.4 is 5.32 Å². The number of fused-ring (bicyclic) bond motifs is 3. The first kappa shape index (κ1) is 16.5. The third-order valence-corrected chi connectivity index (χ3v) is 4.91. The summed E-state index contributed by atoms with van der Waals surface area (Å²) in [7, 11) is 0. The van der Waals surface area contributed by atoms with E-state index in [2.05, 4.69) is 44.6 Å². The monoisotopic (exact) mass is 371 g/mol. The molecule has 5 nitrogen and oxygen atoms in total. The third kappa shape index (κ3) is 2.99. The zero-order valence-electron chi connectivity index (χ0n) is 15.1. The highest BCUT2D eigenvalue weighted by Crippen LogP contribution is 2.35. The molecule has 0 bridgehead atoms. The van der Waals surface area contributed by atoms with E-state index in [0.717, 1.165) is 38.6 Å². The molecule has 0 saturated carbocycles. The van der Waals surface area contributed by atoms with Gasteiger partial charge in [0.25, 0.3) is 0 Å². The zero-order valence-corrected chi connectivity index (χ0v) is 15.1. The molecule has 6 heteroatoms. The third-order valence-electron chi connectivity index (χ3n) is 4.91. The molecule has 2 heterocycles. The summed E-state index contributed by atoms with van der Waals surface area (Å²) in [6.07, 6.45) is 3.23. The van der Waals surface area contributed by atoms with E-state index in [1.807, 2.05) is 18.2 Å². The van der Waals surface area contributed by atoms with Crippen molar-refractivity contribution < 1.29 is 4.39 Å². The number of halogens is 1. The standard InChI is InChI=1S/C22H18FN5/c23-16-6-7-20-18(10-16)19-12-21(25-8-9-28-14-24-13-26-28)17(11-22(19)27-20)15-4-2-1-3-5-15/h1-7,10-14,25,27H,8-9H2. The molecule has 5 aromatic rings. The lowest BCUT2D eigenvalue weighted by Gasteiger charge is -2.13. The van der Waals surface area contributed by atoms with Gasteiger partial charge < -0.3 is 10.3 Å². The van der Waals surface area contributed by atoms with E-state index in [4.69, 9.17) is 0 Å². The van der Waals surface area contributed by atoms with Crippen LogP contribution in [0.1, 0.15) is 0 Å². The quantitative estimate of drug-likeness (QED) is 0.465. The maximum absolute atomic E-state index is 13.8. The molecule has 2 N–H and O–H groups in total. The van der Waals surface area contributed by atoms with E-state index in [9.17, 15) is 4.39 Å². The minimum absolute atomic E-state index is 0.235. The van der Waals surface area contributed by atoms with Crippen LogP contribution in [0, 0.1) is 5.82 Å². The van der Waals surface area contributed by atoms with Gasteiger partial charge in [-0.05, 0) is 35.9 Å². The van der Waals surface area contributed by atoms with Crippen molar-refractivity contribution in [2.45, 2.75) is 6.54 Å². The van der Waals surface area contributed by atoms with Gasteiger partial charge in [-0.3, -0.25) is 4.68 Å². The van der Waals surface area contributed by atoms with Crippen LogP contribution in [0.5, 0.6) is 0 Å². The van der Waals surface area contributed by atoms with Gasteiger partial charge in [0.15, 0.2) is 0 Å². The molecular weight excluding hydrogens is 353 g/mol. The first-order valence-corrected chi connectivity index (χ1v) is 9.14. The van der Waals surface area contributed by atoms with Crippen LogP contribution in [0.15, 0.2) is 73.3 Å². The predicted molar refractivity (Wildman–Crippen MR) is 110 cm³/mol. The fraction of sp³-hybridized carbons (Fsp3) is 0.0909. The van der Waals surface area contributed by atoms with E-state index >= 15 is 0 Å². The summed E-state index contributed by atoms with van der Waals surface area (Å²) in [5, 5.41) is 9.54. The number of hydrogen-bond donors (Lipinski definition) is 2. The summed E-state index contributed by atoms with van der Waals surface area (Å²) >= 11 is 0. The van der Waals surface area contributed by atoms with Crippen molar-refractivity contribution in [3.8, 4) is 11.1 Å². The van der Waals surface area contributed by atoms with Gasteiger partial charge in [0.2, 0.25) is 0 Å². The zero-order chi connectivity index (χ0) is 18.9. The largest absolute Gasteiger partial charge is 0.383 e. The first-order chi connectivity index (χ1) is 13.8. The highest BCUT2D eigenvalue weighted by atomic mass is 19.1. The summed E-state index contributed by atoms with van der Waals surface area (Å²) in [4.78, 5) is 7.38. The Bertz CT molecular complexity index is 1240. The van der Waals surface area contributed by atoms with Crippen molar-refractivity contribution in [2.24, 2.45) is 0 Å². The molecule has 3 aromatic carbocycles. The SMILES string of the molecule is Fc1ccc2[nH]c3cc(-c4ccccc4)c(NCCn4cncn4)cc3c2c1. The summed E-state index contributed by atoms with van der Waals surface area (Å²) in [5.74, 6) is -0.235. The average Bonchev–Trinajstić information content (AvgIpc) is 3.35. The van der Waals surface area contributed by atoms with Crippen molar-refractivity contribution in [2.75, 3.05) is 11.9 Å². The lowest BCUT2D eigenvalue weighted by atomic mass is 10.0. The molecule has 0 aliphatic rings. The van der Waals surface area contributed by atoms with Crippen molar-refractivity contribution in [3.05, 3.63) is 79.1 Å². The molecule has 0 fully saturated rings. The second-order valence-corrected chi connectivity index (χ2v) is 6.71. The van der Waals surface area contributed by atoms with Crippen molar-refractivity contribution in [1.29, 1.82) is 0 Å². The molecular formula is C22H18FN5. The van der Waals surface area contributed by atoms with Gasteiger partial charge in [-0.2, -0.15) is 5.10 Å². The second kappa shape index (κ2) is 6.81. The van der Waals surface area contributed by atoms with Gasteiger partial charge in [-0.1, -0.05) is 30.3 Å². The Labute approximate surface area is 160 Å². The normalized spacial score (nSPS) is 11.3. The van der Waals surface area contributed by atoms with E-state index in [-0.39, 0.29) is 5.82 Å². The smallest absolute Gasteiger partial charge is 0.137 e. The fourth-order valence-electron chi connectivity index (χ4n) is 3.58. The van der Waals surface area contributed by atoms with Gasteiger partial charge in [0.1, 0.15) is 18.5 Å². The molecule has 0 unspecified atom stereocenters. The molecule has 0 aliphatic heterocycles. The molecule has 0 amide bonds. The Hall–Kier alpha value is -3.67. The van der Waals surface area contributed by atoms with Gasteiger partial charge in [0.05, 0.1) is 6.54 Å². The molecule has 5 rings (SSSR count). The van der Waals surface area contributed by atoms with Crippen LogP contribution >= 0.6 is 0 Å². The average molecular weight is 371 g/mol. The number of nitrogens with one attached hydrogen (secondary N) is 2. The Morgan fingerprint density at radius 3 is 2.64 bits per heavy atom. The summed E-state index contributed by atoms with van der Waals surface area (Å²) in [5.41, 5.74) is 5.14. The summed E-state index contributed by atoms with van der Waals surface area (Å²) in [6.45, 7) is 1.40. The maximum atomic E-state index is 13.8. The highest BCUT2D eigenvalue weighted by Gasteiger charge is 2.12. The summed E-state index contributed by atoms with van der Waals surface area (Å²) in [6, 6.07) is 19.3. The van der Waals surface area contributed by atoms with Gasteiger partial charge in [-0.15, -0.1) is 0 Å². The van der Waals surface area contributed by atoms with Crippen molar-refractivity contribution in [3.63, 3.8) is 0 Å². The Kier molecular flexibility index (Phi) is 4.01. The molecule has 0 saturated heterocycles. The van der Waals surface area contributed by atoms with Crippen molar-refractivity contribution >= 4 is 27.5 Å². The first-order valence-electron chi connectivity index (χ1n) is 9.14. The van der Waals surface area contributed by atoms with Crippen LogP contribution in [0.2, 0.25) is 0 Å². The molecule has 28 heavy (non-hydrogen) atoms. The predicted octanol–water partition coefficient (Wildman–Crippen LogP) is 4.83. The molecule has 0 atom stereocenters. The Morgan fingerprint density at radius 2 is 1.82 bits per heavy atom.